The Labute approximate surface area is 129 Å². The molecule has 2 nitrogen and oxygen atoms in total. The Balaban J connectivity index is 2.13. The Bertz CT molecular complexity index is 569. The lowest BCUT2D eigenvalue weighted by atomic mass is 10.1. The largest absolute Gasteiger partial charge is 0.381 e. The standard InChI is InChI=1S/C17H20BrNO/c1-3-13-10-16(18)8-9-17(13)19-11-14-6-4-5-7-15(14)12-20-2/h4-10,19H,3,11-12H2,1-2H3. The molecular formula is C17H20BrNO. The van der Waals surface area contributed by atoms with Crippen LogP contribution in [0.1, 0.15) is 23.6 Å². The predicted molar refractivity (Wildman–Crippen MR) is 88.0 cm³/mol. The van der Waals surface area contributed by atoms with Gasteiger partial charge in [-0.15, -0.1) is 0 Å². The normalized spacial score (nSPS) is 10.6. The molecule has 0 radical (unpaired) electrons. The molecule has 0 aromatic heterocycles. The highest BCUT2D eigenvalue weighted by molar-refractivity contribution is 9.10. The maximum absolute atomic E-state index is 5.25. The number of rotatable bonds is 6. The number of methoxy groups -OCH3 is 1. The van der Waals surface area contributed by atoms with E-state index >= 15 is 0 Å². The third kappa shape index (κ3) is 3.84. The first-order valence-electron chi connectivity index (χ1n) is 6.82. The molecule has 0 saturated heterocycles. The average Bonchev–Trinajstić information content (AvgIpc) is 2.47. The van der Waals surface area contributed by atoms with Crippen LogP contribution < -0.4 is 5.32 Å². The number of benzene rings is 2. The van der Waals surface area contributed by atoms with E-state index in [1.54, 1.807) is 7.11 Å². The quantitative estimate of drug-likeness (QED) is 0.822. The minimum absolute atomic E-state index is 0.652. The molecule has 0 aliphatic carbocycles. The Morgan fingerprint density at radius 3 is 2.50 bits per heavy atom. The highest BCUT2D eigenvalue weighted by Gasteiger charge is 2.04. The van der Waals surface area contributed by atoms with Crippen molar-refractivity contribution in [3.8, 4) is 0 Å². The van der Waals surface area contributed by atoms with Gasteiger partial charge < -0.3 is 10.1 Å². The fourth-order valence-electron chi connectivity index (χ4n) is 2.24. The Morgan fingerprint density at radius 1 is 1.05 bits per heavy atom. The molecule has 1 N–H and O–H groups in total. The van der Waals surface area contributed by atoms with Crippen molar-refractivity contribution in [3.63, 3.8) is 0 Å². The van der Waals surface area contributed by atoms with Crippen LogP contribution in [0.2, 0.25) is 0 Å². The topological polar surface area (TPSA) is 21.3 Å². The molecule has 0 atom stereocenters. The maximum atomic E-state index is 5.25. The number of hydrogen-bond donors (Lipinski definition) is 1. The molecule has 0 heterocycles. The fraction of sp³-hybridized carbons (Fsp3) is 0.294. The predicted octanol–water partition coefficient (Wildman–Crippen LogP) is 4.77. The summed E-state index contributed by atoms with van der Waals surface area (Å²) in [6.07, 6.45) is 1.02. The zero-order valence-corrected chi connectivity index (χ0v) is 13.5. The van der Waals surface area contributed by atoms with Crippen molar-refractivity contribution in [1.29, 1.82) is 0 Å². The molecular weight excluding hydrogens is 314 g/mol. The Kier molecular flexibility index (Phi) is 5.62. The third-order valence-electron chi connectivity index (χ3n) is 3.34. The molecule has 0 unspecified atom stereocenters. The van der Waals surface area contributed by atoms with Crippen molar-refractivity contribution in [2.24, 2.45) is 0 Å². The second-order valence-corrected chi connectivity index (χ2v) is 5.63. The van der Waals surface area contributed by atoms with Gasteiger partial charge in [0.1, 0.15) is 0 Å². The number of nitrogens with one attached hydrogen (secondary N) is 1. The highest BCUT2D eigenvalue weighted by atomic mass is 79.9. The number of ether oxygens (including phenoxy) is 1. The van der Waals surface area contributed by atoms with E-state index in [4.69, 9.17) is 4.74 Å². The minimum atomic E-state index is 0.652. The lowest BCUT2D eigenvalue weighted by molar-refractivity contribution is 0.184. The molecule has 0 aliphatic heterocycles. The van der Waals surface area contributed by atoms with Crippen LogP contribution in [0.15, 0.2) is 46.9 Å². The smallest absolute Gasteiger partial charge is 0.0716 e. The van der Waals surface area contributed by atoms with E-state index < -0.39 is 0 Å². The summed E-state index contributed by atoms with van der Waals surface area (Å²) in [6.45, 7) is 3.64. The van der Waals surface area contributed by atoms with E-state index in [-0.39, 0.29) is 0 Å². The summed E-state index contributed by atoms with van der Waals surface area (Å²) in [6, 6.07) is 14.7. The van der Waals surface area contributed by atoms with E-state index in [0.29, 0.717) is 6.61 Å². The van der Waals surface area contributed by atoms with Gasteiger partial charge in [-0.2, -0.15) is 0 Å². The summed E-state index contributed by atoms with van der Waals surface area (Å²) in [4.78, 5) is 0. The molecule has 2 aromatic carbocycles. The molecule has 0 spiro atoms. The van der Waals surface area contributed by atoms with Crippen LogP contribution in [0.3, 0.4) is 0 Å². The van der Waals surface area contributed by atoms with E-state index in [2.05, 4.69) is 70.6 Å². The number of halogens is 1. The lowest BCUT2D eigenvalue weighted by Gasteiger charge is -2.14. The average molecular weight is 334 g/mol. The first-order valence-corrected chi connectivity index (χ1v) is 7.62. The van der Waals surface area contributed by atoms with Crippen LogP contribution in [0.5, 0.6) is 0 Å². The third-order valence-corrected chi connectivity index (χ3v) is 3.83. The van der Waals surface area contributed by atoms with Crippen molar-refractivity contribution < 1.29 is 4.74 Å². The van der Waals surface area contributed by atoms with Crippen molar-refractivity contribution in [3.05, 3.63) is 63.6 Å². The van der Waals surface area contributed by atoms with Gasteiger partial charge in [-0.25, -0.2) is 0 Å². The van der Waals surface area contributed by atoms with Gasteiger partial charge in [0.05, 0.1) is 6.61 Å². The first kappa shape index (κ1) is 15.1. The van der Waals surface area contributed by atoms with Gasteiger partial charge in [0.15, 0.2) is 0 Å². The molecule has 106 valence electrons. The Morgan fingerprint density at radius 2 is 1.80 bits per heavy atom. The monoisotopic (exact) mass is 333 g/mol. The number of hydrogen-bond acceptors (Lipinski definition) is 2. The second kappa shape index (κ2) is 7.46. The SMILES string of the molecule is CCc1cc(Br)ccc1NCc1ccccc1COC. The molecule has 0 fully saturated rings. The molecule has 0 bridgehead atoms. The summed E-state index contributed by atoms with van der Waals surface area (Å²) in [5.74, 6) is 0. The molecule has 0 amide bonds. The summed E-state index contributed by atoms with van der Waals surface area (Å²) < 4.78 is 6.37. The molecule has 2 aromatic rings. The van der Waals surface area contributed by atoms with Gasteiger partial charge in [0.25, 0.3) is 0 Å². The fourth-order valence-corrected chi connectivity index (χ4v) is 2.65. The van der Waals surface area contributed by atoms with E-state index in [1.807, 2.05) is 0 Å². The van der Waals surface area contributed by atoms with Gasteiger partial charge in [-0.1, -0.05) is 47.1 Å². The van der Waals surface area contributed by atoms with Crippen LogP contribution >= 0.6 is 15.9 Å². The van der Waals surface area contributed by atoms with Crippen molar-refractivity contribution in [2.75, 3.05) is 12.4 Å². The van der Waals surface area contributed by atoms with E-state index in [0.717, 1.165) is 17.4 Å². The van der Waals surface area contributed by atoms with Crippen molar-refractivity contribution in [1.82, 2.24) is 0 Å². The van der Waals surface area contributed by atoms with Crippen LogP contribution in [0.25, 0.3) is 0 Å². The van der Waals surface area contributed by atoms with E-state index in [1.165, 1.54) is 22.4 Å². The van der Waals surface area contributed by atoms with Gasteiger partial charge in [0, 0.05) is 23.8 Å². The van der Waals surface area contributed by atoms with Crippen LogP contribution in [0.4, 0.5) is 5.69 Å². The molecule has 20 heavy (non-hydrogen) atoms. The second-order valence-electron chi connectivity index (χ2n) is 4.71. The minimum Gasteiger partial charge on any atom is -0.381 e. The Hall–Kier alpha value is -1.32. The highest BCUT2D eigenvalue weighted by Crippen LogP contribution is 2.22. The first-order chi connectivity index (χ1) is 9.74. The molecule has 0 saturated carbocycles. The van der Waals surface area contributed by atoms with Gasteiger partial charge in [0.2, 0.25) is 0 Å². The zero-order chi connectivity index (χ0) is 14.4. The van der Waals surface area contributed by atoms with Gasteiger partial charge >= 0.3 is 0 Å². The summed E-state index contributed by atoms with van der Waals surface area (Å²) in [5, 5.41) is 3.53. The molecule has 2 rings (SSSR count). The lowest BCUT2D eigenvalue weighted by Crippen LogP contribution is -2.05. The number of aryl methyl sites for hydroxylation is 1. The van der Waals surface area contributed by atoms with Gasteiger partial charge in [-0.05, 0) is 41.3 Å². The summed E-state index contributed by atoms with van der Waals surface area (Å²) in [7, 11) is 1.73. The van der Waals surface area contributed by atoms with E-state index in [9.17, 15) is 0 Å². The summed E-state index contributed by atoms with van der Waals surface area (Å²) in [5.41, 5.74) is 5.03. The van der Waals surface area contributed by atoms with Crippen molar-refractivity contribution in [2.45, 2.75) is 26.5 Å². The van der Waals surface area contributed by atoms with Crippen molar-refractivity contribution >= 4 is 21.6 Å². The maximum Gasteiger partial charge on any atom is 0.0716 e. The zero-order valence-electron chi connectivity index (χ0n) is 11.9. The summed E-state index contributed by atoms with van der Waals surface area (Å²) >= 11 is 3.52. The number of anilines is 1. The van der Waals surface area contributed by atoms with Crippen LogP contribution in [-0.2, 0) is 24.3 Å². The van der Waals surface area contributed by atoms with Crippen LogP contribution in [-0.4, -0.2) is 7.11 Å². The molecule has 0 aliphatic rings. The van der Waals surface area contributed by atoms with Gasteiger partial charge in [-0.3, -0.25) is 0 Å². The van der Waals surface area contributed by atoms with Crippen LogP contribution in [0, 0.1) is 0 Å². The molecule has 3 heteroatoms.